The van der Waals surface area contributed by atoms with Gasteiger partial charge in [-0.3, -0.25) is 0 Å². The maximum absolute atomic E-state index is 7.86. The van der Waals surface area contributed by atoms with Crippen LogP contribution in [0.5, 0.6) is 0 Å². The SMILES string of the molecule is C1=C[CH]([Ge]2([c]3ccccc3)[O][Ge]([c]3ccccc3)([CH]3C=CC=C3)[O][Ge]([c]3ccccc3)([CH]3C=CC=C3)[O]2)C=C1. The number of benzene rings is 3. The van der Waals surface area contributed by atoms with E-state index in [0.29, 0.717) is 0 Å². The average Bonchev–Trinajstić information content (AvgIpc) is 3.83. The first-order valence-corrected chi connectivity index (χ1v) is 25.5. The molecule has 1 saturated heterocycles. The number of allylic oxidation sites excluding steroid dienone is 12. The summed E-state index contributed by atoms with van der Waals surface area (Å²) in [4.78, 5) is 0. The van der Waals surface area contributed by atoms with Crippen molar-refractivity contribution in [2.45, 2.75) is 14.3 Å². The molecule has 3 aliphatic carbocycles. The van der Waals surface area contributed by atoms with E-state index in [4.69, 9.17) is 8.37 Å². The Morgan fingerprint density at radius 2 is 0.564 bits per heavy atom. The fourth-order valence-electron chi connectivity index (χ4n) is 6.14. The van der Waals surface area contributed by atoms with Gasteiger partial charge in [0, 0.05) is 0 Å². The van der Waals surface area contributed by atoms with Crippen LogP contribution in [0.3, 0.4) is 0 Å². The van der Waals surface area contributed by atoms with Crippen molar-refractivity contribution in [2.75, 3.05) is 0 Å². The topological polar surface area (TPSA) is 27.7 Å². The zero-order chi connectivity index (χ0) is 26.2. The Morgan fingerprint density at radius 1 is 0.333 bits per heavy atom. The van der Waals surface area contributed by atoms with Crippen molar-refractivity contribution in [3.8, 4) is 0 Å². The van der Waals surface area contributed by atoms with Crippen molar-refractivity contribution in [1.82, 2.24) is 0 Å². The molecule has 0 atom stereocenters. The molecular formula is C33H30Ge3O3. The second-order valence-electron chi connectivity index (χ2n) is 10.3. The fraction of sp³-hybridized carbons (Fsp3) is 0.0909. The van der Waals surface area contributed by atoms with Crippen molar-refractivity contribution < 1.29 is 8.37 Å². The molecule has 3 nitrogen and oxygen atoms in total. The quantitative estimate of drug-likeness (QED) is 0.316. The number of hydrogen-bond acceptors (Lipinski definition) is 3. The van der Waals surface area contributed by atoms with E-state index < -0.39 is 41.8 Å². The molecule has 3 aromatic carbocycles. The maximum atomic E-state index is 7.86. The van der Waals surface area contributed by atoms with Gasteiger partial charge in [-0.1, -0.05) is 0 Å². The van der Waals surface area contributed by atoms with E-state index >= 15 is 0 Å². The summed E-state index contributed by atoms with van der Waals surface area (Å²) in [5.41, 5.74) is 0. The second-order valence-corrected chi connectivity index (χ2v) is 34.5. The van der Waals surface area contributed by atoms with Crippen molar-refractivity contribution in [1.29, 1.82) is 0 Å². The Kier molecular flexibility index (Phi) is 6.91. The first-order valence-electron chi connectivity index (χ1n) is 13.6. The molecular weight excluding hydrogens is 662 g/mol. The van der Waals surface area contributed by atoms with Gasteiger partial charge in [0.2, 0.25) is 0 Å². The predicted molar refractivity (Wildman–Crippen MR) is 165 cm³/mol. The van der Waals surface area contributed by atoms with E-state index in [1.54, 1.807) is 0 Å². The molecule has 4 aliphatic rings. The van der Waals surface area contributed by atoms with Crippen molar-refractivity contribution in [3.05, 3.63) is 164 Å². The van der Waals surface area contributed by atoms with E-state index in [1.807, 2.05) is 0 Å². The van der Waals surface area contributed by atoms with Crippen LogP contribution in [0.4, 0.5) is 0 Å². The molecule has 0 radical (unpaired) electrons. The summed E-state index contributed by atoms with van der Waals surface area (Å²) >= 11 is -11.7. The summed E-state index contributed by atoms with van der Waals surface area (Å²) in [5.74, 6) is 0. The second kappa shape index (κ2) is 10.5. The van der Waals surface area contributed by atoms with Crippen molar-refractivity contribution in [2.24, 2.45) is 0 Å². The van der Waals surface area contributed by atoms with Gasteiger partial charge >= 0.3 is 242 Å². The first-order chi connectivity index (χ1) is 19.3. The minimum atomic E-state index is -3.91. The Labute approximate surface area is 240 Å². The van der Waals surface area contributed by atoms with Gasteiger partial charge in [-0.15, -0.1) is 0 Å². The van der Waals surface area contributed by atoms with Crippen LogP contribution in [0.1, 0.15) is 0 Å². The molecule has 39 heavy (non-hydrogen) atoms. The summed E-state index contributed by atoms with van der Waals surface area (Å²) in [5, 5.41) is 0. The van der Waals surface area contributed by atoms with Gasteiger partial charge in [-0.05, 0) is 0 Å². The van der Waals surface area contributed by atoms with Crippen LogP contribution in [-0.2, 0) is 8.37 Å². The van der Waals surface area contributed by atoms with Crippen LogP contribution >= 0.6 is 0 Å². The van der Waals surface area contributed by atoms with Gasteiger partial charge in [-0.2, -0.15) is 0 Å². The molecule has 0 N–H and O–H groups in total. The molecule has 6 heteroatoms. The van der Waals surface area contributed by atoms with E-state index in [2.05, 4.69) is 164 Å². The van der Waals surface area contributed by atoms with Crippen LogP contribution in [0.15, 0.2) is 164 Å². The Hall–Kier alpha value is -2.39. The molecule has 192 valence electrons. The van der Waals surface area contributed by atoms with Crippen LogP contribution < -0.4 is 13.2 Å². The zero-order valence-corrected chi connectivity index (χ0v) is 27.8. The minimum absolute atomic E-state index is 0.0995. The third-order valence-corrected chi connectivity index (χ3v) is 46.8. The number of rotatable bonds is 6. The molecule has 0 aromatic heterocycles. The van der Waals surface area contributed by atoms with Crippen LogP contribution in [0.2, 0.25) is 14.3 Å². The average molecular weight is 692 g/mol. The molecule has 0 saturated carbocycles. The Bertz CT molecular complexity index is 1280. The first kappa shape index (κ1) is 25.6. The van der Waals surface area contributed by atoms with Crippen LogP contribution in [-0.4, -0.2) is 41.8 Å². The Balaban J connectivity index is 1.57. The van der Waals surface area contributed by atoms with E-state index in [9.17, 15) is 0 Å². The molecule has 1 fully saturated rings. The van der Waals surface area contributed by atoms with Gasteiger partial charge in [0.15, 0.2) is 0 Å². The van der Waals surface area contributed by atoms with Gasteiger partial charge in [0.25, 0.3) is 0 Å². The van der Waals surface area contributed by atoms with Gasteiger partial charge in [-0.25, -0.2) is 0 Å². The monoisotopic (exact) mass is 696 g/mol. The van der Waals surface area contributed by atoms with Crippen molar-refractivity contribution in [3.63, 3.8) is 0 Å². The third kappa shape index (κ3) is 4.31. The van der Waals surface area contributed by atoms with Gasteiger partial charge < -0.3 is 0 Å². The molecule has 0 amide bonds. The standard InChI is InChI=1S/C33H30Ge3O3/c1-4-16-28(17-5-1)34(31-22-10-11-23-31)37-35(32-24-12-13-25-32,29-18-6-2-7-19-29)39-36(38-34,33-26-14-15-27-33)30-20-8-3-9-21-30/h1-27,31-33H. The van der Waals surface area contributed by atoms with Crippen LogP contribution in [0.25, 0.3) is 0 Å². The van der Waals surface area contributed by atoms with Gasteiger partial charge in [0.1, 0.15) is 0 Å². The molecule has 1 heterocycles. The van der Waals surface area contributed by atoms with Gasteiger partial charge in [0.05, 0.1) is 0 Å². The Morgan fingerprint density at radius 3 is 0.795 bits per heavy atom. The van der Waals surface area contributed by atoms with Crippen LogP contribution in [0, 0.1) is 0 Å². The normalized spacial score (nSPS) is 30.2. The molecule has 0 unspecified atom stereocenters. The molecule has 3 aromatic rings. The number of hydrogen-bond donors (Lipinski definition) is 0. The molecule has 0 bridgehead atoms. The molecule has 0 spiro atoms. The van der Waals surface area contributed by atoms with Crippen molar-refractivity contribution >= 4 is 55.0 Å². The van der Waals surface area contributed by atoms with E-state index in [1.165, 1.54) is 13.2 Å². The zero-order valence-electron chi connectivity index (χ0n) is 21.5. The molecule has 7 rings (SSSR count). The van der Waals surface area contributed by atoms with E-state index in [0.717, 1.165) is 0 Å². The van der Waals surface area contributed by atoms with E-state index in [-0.39, 0.29) is 14.3 Å². The fourth-order valence-corrected chi connectivity index (χ4v) is 63.4. The summed E-state index contributed by atoms with van der Waals surface area (Å²) in [6.45, 7) is 0. The summed E-state index contributed by atoms with van der Waals surface area (Å²) < 4.78 is 27.5. The summed E-state index contributed by atoms with van der Waals surface area (Å²) in [6.07, 6.45) is 26.7. The third-order valence-electron chi connectivity index (χ3n) is 8.00. The summed E-state index contributed by atoms with van der Waals surface area (Å²) in [7, 11) is 0. The molecule has 1 aliphatic heterocycles. The summed E-state index contributed by atoms with van der Waals surface area (Å²) in [6, 6.07) is 32.5. The predicted octanol–water partition coefficient (Wildman–Crippen LogP) is 5.59.